The van der Waals surface area contributed by atoms with E-state index in [1.807, 2.05) is 0 Å². The van der Waals surface area contributed by atoms with Crippen molar-refractivity contribution in [1.82, 2.24) is 9.88 Å². The molecule has 0 fully saturated rings. The van der Waals surface area contributed by atoms with Crippen LogP contribution in [0.4, 0.5) is 5.69 Å². The second-order valence-electron chi connectivity index (χ2n) is 3.81. The van der Waals surface area contributed by atoms with Gasteiger partial charge in [0.2, 0.25) is 5.91 Å². The van der Waals surface area contributed by atoms with Crippen LogP contribution in [0.5, 0.6) is 0 Å². The summed E-state index contributed by atoms with van der Waals surface area (Å²) in [5.41, 5.74) is 4.02. The lowest BCUT2D eigenvalue weighted by atomic mass is 10.2. The van der Waals surface area contributed by atoms with Gasteiger partial charge >= 0.3 is 5.97 Å². The molecule has 21 heavy (non-hydrogen) atoms. The minimum absolute atomic E-state index is 0.356. The van der Waals surface area contributed by atoms with E-state index in [0.29, 0.717) is 4.90 Å². The fourth-order valence-corrected chi connectivity index (χ4v) is 1.59. The highest BCUT2D eigenvalue weighted by atomic mass is 35.5. The van der Waals surface area contributed by atoms with Gasteiger partial charge in [-0.2, -0.15) is 0 Å². The molecule has 1 aromatic rings. The summed E-state index contributed by atoms with van der Waals surface area (Å²) in [6.45, 7) is -1.50. The van der Waals surface area contributed by atoms with Crippen LogP contribution in [0.3, 0.4) is 0 Å². The number of aliphatic carboxylic acids is 1. The molecule has 0 spiro atoms. The second-order valence-corrected chi connectivity index (χ2v) is 4.17. The molecular weight excluding hydrogens is 308 g/mol. The van der Waals surface area contributed by atoms with Crippen LogP contribution >= 0.6 is 11.6 Å². The van der Waals surface area contributed by atoms with Crippen LogP contribution in [0, 0.1) is 10.1 Å². The van der Waals surface area contributed by atoms with Crippen molar-refractivity contribution < 1.29 is 24.4 Å². The van der Waals surface area contributed by atoms with Gasteiger partial charge in [-0.15, -0.1) is 0 Å². The predicted molar refractivity (Wildman–Crippen MR) is 68.6 cm³/mol. The van der Waals surface area contributed by atoms with Gasteiger partial charge in [0.05, 0.1) is 10.5 Å². The zero-order chi connectivity index (χ0) is 16.2. The van der Waals surface area contributed by atoms with E-state index in [1.54, 1.807) is 0 Å². The molecular formula is C10H9ClN4O6. The lowest BCUT2D eigenvalue weighted by Crippen LogP contribution is -2.41. The minimum Gasteiger partial charge on any atom is -0.480 e. The maximum absolute atomic E-state index is 12.1. The van der Waals surface area contributed by atoms with Crippen molar-refractivity contribution in [3.05, 3.63) is 33.1 Å². The second kappa shape index (κ2) is 6.61. The van der Waals surface area contributed by atoms with Crippen LogP contribution in [0.15, 0.2) is 12.3 Å². The topological polar surface area (TPSA) is 157 Å². The molecule has 0 aromatic carbocycles. The number of halogens is 1. The monoisotopic (exact) mass is 316 g/mol. The van der Waals surface area contributed by atoms with Crippen LogP contribution in [0.1, 0.15) is 10.4 Å². The summed E-state index contributed by atoms with van der Waals surface area (Å²) in [5.74, 6) is -3.34. The number of carboxylic acids is 1. The number of nitrogens with zero attached hydrogens (tertiary/aromatic N) is 3. The number of carboxylic acid groups (broad SMARTS) is 1. The molecule has 0 atom stereocenters. The summed E-state index contributed by atoms with van der Waals surface area (Å²) >= 11 is 5.67. The van der Waals surface area contributed by atoms with E-state index < -0.39 is 47.0 Å². The average molecular weight is 317 g/mol. The first-order chi connectivity index (χ1) is 9.72. The van der Waals surface area contributed by atoms with Gasteiger partial charge in [-0.05, 0) is 0 Å². The van der Waals surface area contributed by atoms with Crippen molar-refractivity contribution in [2.45, 2.75) is 0 Å². The Hall–Kier alpha value is -2.75. The number of hydrogen-bond donors (Lipinski definition) is 2. The number of rotatable bonds is 6. The van der Waals surface area contributed by atoms with Gasteiger partial charge < -0.3 is 15.7 Å². The minimum atomic E-state index is -1.39. The highest BCUT2D eigenvalue weighted by Gasteiger charge is 2.25. The Balaban J connectivity index is 3.18. The first kappa shape index (κ1) is 16.3. The van der Waals surface area contributed by atoms with Crippen molar-refractivity contribution in [2.24, 2.45) is 5.73 Å². The molecule has 112 valence electrons. The molecule has 0 bridgehead atoms. The van der Waals surface area contributed by atoms with Crippen molar-refractivity contribution in [1.29, 1.82) is 0 Å². The highest BCUT2D eigenvalue weighted by Crippen LogP contribution is 2.20. The molecule has 1 rings (SSSR count). The first-order valence-corrected chi connectivity index (χ1v) is 5.69. The molecule has 3 N–H and O–H groups in total. The van der Waals surface area contributed by atoms with Gasteiger partial charge in [0.1, 0.15) is 24.4 Å². The number of hydrogen-bond acceptors (Lipinski definition) is 6. The average Bonchev–Trinajstić information content (AvgIpc) is 2.36. The summed E-state index contributed by atoms with van der Waals surface area (Å²) < 4.78 is 0. The van der Waals surface area contributed by atoms with Gasteiger partial charge in [-0.3, -0.25) is 24.5 Å². The number of carbonyl (C=O) groups excluding carboxylic acids is 2. The van der Waals surface area contributed by atoms with Crippen molar-refractivity contribution in [3.8, 4) is 0 Å². The summed E-state index contributed by atoms with van der Waals surface area (Å²) in [7, 11) is 0. The zero-order valence-corrected chi connectivity index (χ0v) is 11.1. The molecule has 0 radical (unpaired) electrons. The van der Waals surface area contributed by atoms with E-state index in [1.165, 1.54) is 0 Å². The Kier molecular flexibility index (Phi) is 5.13. The van der Waals surface area contributed by atoms with Crippen LogP contribution in [-0.2, 0) is 9.59 Å². The fourth-order valence-electron chi connectivity index (χ4n) is 1.41. The molecule has 0 aliphatic heterocycles. The third-order valence-corrected chi connectivity index (χ3v) is 2.53. The van der Waals surface area contributed by atoms with E-state index in [9.17, 15) is 24.5 Å². The molecule has 10 nitrogen and oxygen atoms in total. The number of aromatic nitrogens is 1. The van der Waals surface area contributed by atoms with Gasteiger partial charge in [-0.25, -0.2) is 4.98 Å². The molecule has 11 heteroatoms. The van der Waals surface area contributed by atoms with Gasteiger partial charge in [0, 0.05) is 6.07 Å². The van der Waals surface area contributed by atoms with Crippen molar-refractivity contribution >= 4 is 35.1 Å². The SMILES string of the molecule is NC(=O)CN(CC(=O)O)C(=O)c1cc([N+](=O)[O-])cnc1Cl. The maximum atomic E-state index is 12.1. The Bertz CT molecular complexity index is 604. The fraction of sp³-hybridized carbons (Fsp3) is 0.200. The molecule has 0 saturated carbocycles. The molecule has 2 amide bonds. The van der Waals surface area contributed by atoms with Crippen LogP contribution < -0.4 is 5.73 Å². The number of nitro groups is 1. The quantitative estimate of drug-likeness (QED) is 0.412. The third kappa shape index (κ3) is 4.38. The van der Waals surface area contributed by atoms with E-state index in [-0.39, 0.29) is 5.15 Å². The van der Waals surface area contributed by atoms with E-state index in [0.717, 1.165) is 12.3 Å². The Morgan fingerprint density at radius 1 is 1.43 bits per heavy atom. The number of carbonyl (C=O) groups is 3. The lowest BCUT2D eigenvalue weighted by molar-refractivity contribution is -0.385. The Morgan fingerprint density at radius 2 is 2.05 bits per heavy atom. The first-order valence-electron chi connectivity index (χ1n) is 5.31. The molecule has 0 aliphatic carbocycles. The summed E-state index contributed by atoms with van der Waals surface area (Å²) in [6, 6.07) is 0.841. The van der Waals surface area contributed by atoms with Crippen LogP contribution in [-0.4, -0.2) is 50.8 Å². The van der Waals surface area contributed by atoms with Crippen LogP contribution in [0.25, 0.3) is 0 Å². The van der Waals surface area contributed by atoms with E-state index >= 15 is 0 Å². The van der Waals surface area contributed by atoms with Crippen LogP contribution in [0.2, 0.25) is 5.15 Å². The highest BCUT2D eigenvalue weighted by molar-refractivity contribution is 6.32. The molecule has 1 aromatic heterocycles. The summed E-state index contributed by atoms with van der Waals surface area (Å²) in [5, 5.41) is 19.0. The van der Waals surface area contributed by atoms with E-state index in [4.69, 9.17) is 22.4 Å². The number of amides is 2. The van der Waals surface area contributed by atoms with Gasteiger partial charge in [0.15, 0.2) is 0 Å². The zero-order valence-electron chi connectivity index (χ0n) is 10.4. The van der Waals surface area contributed by atoms with E-state index in [2.05, 4.69) is 4.98 Å². The molecule has 0 saturated heterocycles. The summed E-state index contributed by atoms with van der Waals surface area (Å²) in [6.07, 6.45) is 0.842. The van der Waals surface area contributed by atoms with Crippen molar-refractivity contribution in [2.75, 3.05) is 13.1 Å². The number of nitrogens with two attached hydrogens (primary N) is 1. The van der Waals surface area contributed by atoms with Gasteiger partial charge in [-0.1, -0.05) is 11.6 Å². The Morgan fingerprint density at radius 3 is 2.52 bits per heavy atom. The molecule has 0 unspecified atom stereocenters. The molecule has 0 aliphatic rings. The van der Waals surface area contributed by atoms with Crippen molar-refractivity contribution in [3.63, 3.8) is 0 Å². The third-order valence-electron chi connectivity index (χ3n) is 2.23. The van der Waals surface area contributed by atoms with Gasteiger partial charge in [0.25, 0.3) is 11.6 Å². The lowest BCUT2D eigenvalue weighted by Gasteiger charge is -2.19. The number of pyridine rings is 1. The number of primary amides is 1. The maximum Gasteiger partial charge on any atom is 0.323 e. The standard InChI is InChI=1S/C10H9ClN4O6/c11-9-6(1-5(2-13-9)15(20)21)10(19)14(3-7(12)16)4-8(17)18/h1-2H,3-4H2,(H2,12,16)(H,17,18). The Labute approximate surface area is 122 Å². The predicted octanol–water partition coefficient (Wildman–Crippen LogP) is -0.345. The summed E-state index contributed by atoms with van der Waals surface area (Å²) in [4.78, 5) is 47.6. The normalized spacial score (nSPS) is 9.95. The molecule has 1 heterocycles. The largest absolute Gasteiger partial charge is 0.480 e. The smallest absolute Gasteiger partial charge is 0.323 e.